The number of nitrogens with one attached hydrogen (secondary N) is 2. The van der Waals surface area contributed by atoms with Crippen LogP contribution in [0.25, 0.3) is 0 Å². The van der Waals surface area contributed by atoms with E-state index in [1.54, 1.807) is 0 Å². The summed E-state index contributed by atoms with van der Waals surface area (Å²) in [5, 5.41) is 14.0. The van der Waals surface area contributed by atoms with E-state index in [0.717, 1.165) is 24.3 Å². The van der Waals surface area contributed by atoms with E-state index in [1.807, 2.05) is 11.8 Å². The second-order valence-electron chi connectivity index (χ2n) is 3.80. The summed E-state index contributed by atoms with van der Waals surface area (Å²) in [7, 11) is 0. The van der Waals surface area contributed by atoms with E-state index in [2.05, 4.69) is 16.6 Å². The third-order valence-electron chi connectivity index (χ3n) is 2.48. The number of terminal acetylenes is 1. The van der Waals surface area contributed by atoms with Crippen molar-refractivity contribution in [2.45, 2.75) is 31.3 Å². The molecule has 0 aromatic rings. The van der Waals surface area contributed by atoms with Crippen LogP contribution in [0, 0.1) is 12.3 Å². The highest BCUT2D eigenvalue weighted by atomic mass is 32.2. The first kappa shape index (κ1) is 13.7. The zero-order valence-electron chi connectivity index (χ0n) is 9.44. The van der Waals surface area contributed by atoms with Gasteiger partial charge in [0.25, 0.3) is 0 Å². The molecule has 0 saturated carbocycles. The number of carboxylic acids is 1. The SMILES string of the molecule is C#CCC(NC(=O)NC1CCSCC1)C(=O)O. The van der Waals surface area contributed by atoms with Crippen LogP contribution in [-0.4, -0.2) is 40.7 Å². The number of rotatable bonds is 4. The third-order valence-corrected chi connectivity index (χ3v) is 3.53. The van der Waals surface area contributed by atoms with E-state index in [9.17, 15) is 9.59 Å². The molecule has 94 valence electrons. The summed E-state index contributed by atoms with van der Waals surface area (Å²) in [6, 6.07) is -1.33. The molecule has 5 nitrogen and oxygen atoms in total. The number of urea groups is 1. The van der Waals surface area contributed by atoms with Crippen LogP contribution >= 0.6 is 11.8 Å². The molecule has 1 unspecified atom stereocenters. The molecule has 0 radical (unpaired) electrons. The van der Waals surface area contributed by atoms with Gasteiger partial charge in [0, 0.05) is 12.5 Å². The Balaban J connectivity index is 2.36. The molecule has 1 aliphatic heterocycles. The number of thioether (sulfide) groups is 1. The molecule has 6 heteroatoms. The minimum Gasteiger partial charge on any atom is -0.480 e. The van der Waals surface area contributed by atoms with Crippen molar-refractivity contribution in [3.8, 4) is 12.3 Å². The molecular formula is C11H16N2O3S. The highest BCUT2D eigenvalue weighted by molar-refractivity contribution is 7.99. The predicted molar refractivity (Wildman–Crippen MR) is 66.9 cm³/mol. The minimum atomic E-state index is -1.11. The number of carboxylic acid groups (broad SMARTS) is 1. The van der Waals surface area contributed by atoms with Gasteiger partial charge in [-0.15, -0.1) is 12.3 Å². The van der Waals surface area contributed by atoms with Gasteiger partial charge in [-0.05, 0) is 24.3 Å². The maximum absolute atomic E-state index is 11.5. The van der Waals surface area contributed by atoms with Gasteiger partial charge in [0.2, 0.25) is 0 Å². The van der Waals surface area contributed by atoms with E-state index in [1.165, 1.54) is 0 Å². The summed E-state index contributed by atoms with van der Waals surface area (Å²) in [5.41, 5.74) is 0. The highest BCUT2D eigenvalue weighted by Gasteiger charge is 2.21. The van der Waals surface area contributed by atoms with Crippen LogP contribution in [-0.2, 0) is 4.79 Å². The van der Waals surface area contributed by atoms with Crippen molar-refractivity contribution in [1.82, 2.24) is 10.6 Å². The fourth-order valence-electron chi connectivity index (χ4n) is 1.55. The molecule has 1 fully saturated rings. The molecular weight excluding hydrogens is 240 g/mol. The molecule has 3 N–H and O–H groups in total. The Morgan fingerprint density at radius 1 is 1.47 bits per heavy atom. The van der Waals surface area contributed by atoms with E-state index in [0.29, 0.717) is 0 Å². The largest absolute Gasteiger partial charge is 0.480 e. The fraction of sp³-hybridized carbons (Fsp3) is 0.636. The molecule has 0 spiro atoms. The molecule has 1 atom stereocenters. The number of amides is 2. The van der Waals surface area contributed by atoms with Crippen LogP contribution in [0.3, 0.4) is 0 Å². The van der Waals surface area contributed by atoms with Crippen molar-refractivity contribution in [3.63, 3.8) is 0 Å². The van der Waals surface area contributed by atoms with Crippen molar-refractivity contribution in [2.75, 3.05) is 11.5 Å². The molecule has 2 amide bonds. The lowest BCUT2D eigenvalue weighted by Crippen LogP contribution is -2.49. The number of carbonyl (C=O) groups excluding carboxylic acids is 1. The van der Waals surface area contributed by atoms with E-state index in [-0.39, 0.29) is 12.5 Å². The highest BCUT2D eigenvalue weighted by Crippen LogP contribution is 2.16. The zero-order valence-corrected chi connectivity index (χ0v) is 10.3. The Bertz CT molecular complexity index is 321. The first-order chi connectivity index (χ1) is 8.13. The monoisotopic (exact) mass is 256 g/mol. The smallest absolute Gasteiger partial charge is 0.327 e. The Labute approximate surface area is 105 Å². The van der Waals surface area contributed by atoms with Crippen LogP contribution in [0.5, 0.6) is 0 Å². The van der Waals surface area contributed by atoms with Crippen LogP contribution in [0.4, 0.5) is 4.79 Å². The minimum absolute atomic E-state index is 0.0106. The summed E-state index contributed by atoms with van der Waals surface area (Å²) in [4.78, 5) is 22.3. The molecule has 0 bridgehead atoms. The maximum Gasteiger partial charge on any atom is 0.327 e. The Morgan fingerprint density at radius 2 is 2.12 bits per heavy atom. The summed E-state index contributed by atoms with van der Waals surface area (Å²) >= 11 is 1.86. The lowest BCUT2D eigenvalue weighted by molar-refractivity contribution is -0.139. The predicted octanol–water partition coefficient (Wildman–Crippen LogP) is 0.658. The molecule has 0 aliphatic carbocycles. The second kappa shape index (κ2) is 7.07. The van der Waals surface area contributed by atoms with Gasteiger partial charge < -0.3 is 15.7 Å². The summed E-state index contributed by atoms with van der Waals surface area (Å²) in [6.45, 7) is 0. The quantitative estimate of drug-likeness (QED) is 0.646. The molecule has 1 rings (SSSR count). The summed E-state index contributed by atoms with van der Waals surface area (Å²) in [5.74, 6) is 3.17. The third kappa shape index (κ3) is 5.00. The lowest BCUT2D eigenvalue weighted by atomic mass is 10.1. The van der Waals surface area contributed by atoms with Gasteiger partial charge in [0.15, 0.2) is 0 Å². The van der Waals surface area contributed by atoms with Crippen LogP contribution in [0.1, 0.15) is 19.3 Å². The fourth-order valence-corrected chi connectivity index (χ4v) is 2.65. The average Bonchev–Trinajstić information content (AvgIpc) is 2.29. The first-order valence-electron chi connectivity index (χ1n) is 5.44. The average molecular weight is 256 g/mol. The lowest BCUT2D eigenvalue weighted by Gasteiger charge is -2.23. The molecule has 0 aromatic carbocycles. The van der Waals surface area contributed by atoms with E-state index >= 15 is 0 Å². The Hall–Kier alpha value is -1.35. The van der Waals surface area contributed by atoms with Gasteiger partial charge >= 0.3 is 12.0 Å². The number of aliphatic carboxylic acids is 1. The molecule has 1 aliphatic rings. The van der Waals surface area contributed by atoms with E-state index in [4.69, 9.17) is 11.5 Å². The van der Waals surface area contributed by atoms with Crippen molar-refractivity contribution >= 4 is 23.8 Å². The van der Waals surface area contributed by atoms with Gasteiger partial charge in [-0.25, -0.2) is 9.59 Å². The van der Waals surface area contributed by atoms with Gasteiger partial charge in [-0.1, -0.05) is 0 Å². The molecule has 17 heavy (non-hydrogen) atoms. The molecule has 1 saturated heterocycles. The molecule has 0 aromatic heterocycles. The van der Waals surface area contributed by atoms with Crippen molar-refractivity contribution in [2.24, 2.45) is 0 Å². The second-order valence-corrected chi connectivity index (χ2v) is 5.03. The standard InChI is InChI=1S/C11H16N2O3S/c1-2-3-9(10(14)15)13-11(16)12-8-4-6-17-7-5-8/h1,8-9H,3-7H2,(H,14,15)(H2,12,13,16). The Morgan fingerprint density at radius 3 is 2.65 bits per heavy atom. The van der Waals surface area contributed by atoms with Crippen molar-refractivity contribution in [3.05, 3.63) is 0 Å². The van der Waals surface area contributed by atoms with Gasteiger partial charge in [-0.2, -0.15) is 11.8 Å². The summed E-state index contributed by atoms with van der Waals surface area (Å²) in [6.07, 6.45) is 6.87. The maximum atomic E-state index is 11.5. The van der Waals surface area contributed by atoms with Gasteiger partial charge in [-0.3, -0.25) is 0 Å². The topological polar surface area (TPSA) is 78.4 Å². The van der Waals surface area contributed by atoms with Gasteiger partial charge in [0.05, 0.1) is 0 Å². The van der Waals surface area contributed by atoms with Gasteiger partial charge in [0.1, 0.15) is 6.04 Å². The van der Waals surface area contributed by atoms with Crippen LogP contribution < -0.4 is 10.6 Å². The van der Waals surface area contributed by atoms with Crippen molar-refractivity contribution < 1.29 is 14.7 Å². The van der Waals surface area contributed by atoms with Crippen LogP contribution in [0.15, 0.2) is 0 Å². The van der Waals surface area contributed by atoms with Crippen molar-refractivity contribution in [1.29, 1.82) is 0 Å². The number of hydrogen-bond donors (Lipinski definition) is 3. The number of hydrogen-bond acceptors (Lipinski definition) is 3. The number of carbonyl (C=O) groups is 2. The normalized spacial score (nSPS) is 17.8. The van der Waals surface area contributed by atoms with Crippen LogP contribution in [0.2, 0.25) is 0 Å². The molecule has 1 heterocycles. The van der Waals surface area contributed by atoms with E-state index < -0.39 is 18.0 Å². The first-order valence-corrected chi connectivity index (χ1v) is 6.60. The Kier molecular flexibility index (Phi) is 5.70. The summed E-state index contributed by atoms with van der Waals surface area (Å²) < 4.78 is 0. The zero-order chi connectivity index (χ0) is 12.7.